The molecule has 2 aromatic heterocycles. The molecule has 0 spiro atoms. The van der Waals surface area contributed by atoms with E-state index in [2.05, 4.69) is 15.3 Å². The van der Waals surface area contributed by atoms with Crippen LogP contribution in [0.5, 0.6) is 11.5 Å². The summed E-state index contributed by atoms with van der Waals surface area (Å²) in [7, 11) is 0. The number of anilines is 1. The molecule has 1 unspecified atom stereocenters. The van der Waals surface area contributed by atoms with E-state index in [1.807, 2.05) is 0 Å². The molecule has 0 fully saturated rings. The minimum Gasteiger partial charge on any atom is -0.758 e. The van der Waals surface area contributed by atoms with Crippen LogP contribution < -0.4 is 10.1 Å². The van der Waals surface area contributed by atoms with Crippen molar-refractivity contribution in [3.05, 3.63) is 112 Å². The first kappa shape index (κ1) is 22.6. The molecule has 4 aromatic rings. The van der Waals surface area contributed by atoms with E-state index >= 15 is 0 Å². The summed E-state index contributed by atoms with van der Waals surface area (Å²) in [4.78, 5) is 19.9. The Morgan fingerprint density at radius 1 is 1.14 bits per heavy atom. The van der Waals surface area contributed by atoms with Gasteiger partial charge in [0.05, 0.1) is 27.8 Å². The minimum atomic E-state index is -0.824. The van der Waals surface area contributed by atoms with Crippen molar-refractivity contribution in [3.8, 4) is 11.5 Å². The maximum atomic E-state index is 14.8. The summed E-state index contributed by atoms with van der Waals surface area (Å²) in [5.74, 6) is -1.77. The van der Waals surface area contributed by atoms with Crippen molar-refractivity contribution in [2.24, 2.45) is 0 Å². The lowest BCUT2D eigenvalue weighted by Gasteiger charge is -2.40. The molecule has 3 heterocycles. The molecule has 0 bridgehead atoms. The molecule has 176 valence electrons. The van der Waals surface area contributed by atoms with Crippen molar-refractivity contribution in [3.63, 3.8) is 0 Å². The van der Waals surface area contributed by atoms with E-state index in [0.29, 0.717) is 27.4 Å². The monoisotopic (exact) mass is 493 g/mol. The van der Waals surface area contributed by atoms with Crippen LogP contribution in [0.4, 0.5) is 14.5 Å². The highest BCUT2D eigenvalue weighted by Gasteiger charge is 2.22. The van der Waals surface area contributed by atoms with E-state index in [0.717, 1.165) is 6.07 Å². The van der Waals surface area contributed by atoms with Gasteiger partial charge in [-0.15, -0.1) is 0 Å². The Labute approximate surface area is 202 Å². The summed E-state index contributed by atoms with van der Waals surface area (Å²) in [6, 6.07) is 10.1. The predicted molar refractivity (Wildman–Crippen MR) is 128 cm³/mol. The van der Waals surface area contributed by atoms with E-state index in [9.17, 15) is 18.8 Å². The average molecular weight is 494 g/mol. The topological polar surface area (TPSA) is 93.3 Å². The van der Waals surface area contributed by atoms with Gasteiger partial charge >= 0.3 is 0 Å². The number of ether oxygens (including phenoxy) is 1. The normalized spacial score (nSPS) is 15.3. The zero-order valence-electron chi connectivity index (χ0n) is 17.8. The summed E-state index contributed by atoms with van der Waals surface area (Å²) in [5, 5.41) is 16.5. The second-order valence-electron chi connectivity index (χ2n) is 7.63. The highest BCUT2D eigenvalue weighted by atomic mass is 35.5. The third-order valence-corrected chi connectivity index (χ3v) is 5.70. The second-order valence-corrected chi connectivity index (χ2v) is 8.03. The third kappa shape index (κ3) is 4.46. The Kier molecular flexibility index (Phi) is 5.94. The van der Waals surface area contributed by atoms with E-state index in [1.54, 1.807) is 30.5 Å². The molecule has 7 nitrogen and oxygen atoms in total. The van der Waals surface area contributed by atoms with Crippen molar-refractivity contribution in [2.45, 2.75) is 6.04 Å². The molecule has 1 amide bonds. The molecular weight excluding hydrogens is 478 g/mol. The van der Waals surface area contributed by atoms with Crippen molar-refractivity contribution in [1.29, 1.82) is 0 Å². The SMILES string of the molecule is O=C(Nc1cc(F)c(Oc2ccnc3[nH]ccc23)cc1Cl)C1=CC=CC(c2ccc(F)cc2)N1[O-]. The predicted octanol–water partition coefficient (Wildman–Crippen LogP) is 6.22. The number of nitrogens with one attached hydrogen (secondary N) is 2. The van der Waals surface area contributed by atoms with Gasteiger partial charge in [-0.25, -0.2) is 13.8 Å². The number of carbonyl (C=O) groups is 1. The van der Waals surface area contributed by atoms with Gasteiger partial charge in [0, 0.05) is 24.5 Å². The number of amides is 1. The van der Waals surface area contributed by atoms with Crippen molar-refractivity contribution < 1.29 is 18.3 Å². The molecule has 2 N–H and O–H groups in total. The van der Waals surface area contributed by atoms with Crippen molar-refractivity contribution in [1.82, 2.24) is 15.0 Å². The smallest absolute Gasteiger partial charge is 0.271 e. The van der Waals surface area contributed by atoms with Gasteiger partial charge in [0.25, 0.3) is 5.91 Å². The molecule has 0 radical (unpaired) electrons. The van der Waals surface area contributed by atoms with Crippen LogP contribution in [0.15, 0.2) is 84.8 Å². The number of halogens is 3. The summed E-state index contributed by atoms with van der Waals surface area (Å²) < 4.78 is 33.8. The quantitative estimate of drug-likeness (QED) is 0.344. The van der Waals surface area contributed by atoms with E-state index in [-0.39, 0.29) is 22.2 Å². The number of hydrogen-bond acceptors (Lipinski definition) is 5. The highest BCUT2D eigenvalue weighted by molar-refractivity contribution is 6.34. The van der Waals surface area contributed by atoms with Crippen LogP contribution >= 0.6 is 11.6 Å². The van der Waals surface area contributed by atoms with Gasteiger partial charge in [-0.1, -0.05) is 35.9 Å². The zero-order valence-corrected chi connectivity index (χ0v) is 18.6. The number of pyridine rings is 1. The minimum absolute atomic E-state index is 0.00797. The number of carbonyl (C=O) groups excluding carboxylic acids is 1. The van der Waals surface area contributed by atoms with Gasteiger partial charge in [0.1, 0.15) is 17.2 Å². The van der Waals surface area contributed by atoms with Gasteiger partial charge in [-0.2, -0.15) is 0 Å². The maximum absolute atomic E-state index is 14.8. The largest absolute Gasteiger partial charge is 0.758 e. The number of hydrogen-bond donors (Lipinski definition) is 2. The molecule has 0 aliphatic carbocycles. The average Bonchev–Trinajstić information content (AvgIpc) is 3.33. The van der Waals surface area contributed by atoms with Crippen LogP contribution in [0, 0.1) is 16.8 Å². The van der Waals surface area contributed by atoms with Gasteiger partial charge < -0.3 is 25.3 Å². The molecular formula is C25H16ClF2N4O3-. The first-order chi connectivity index (χ1) is 16.9. The number of benzene rings is 2. The van der Waals surface area contributed by atoms with Gasteiger partial charge in [0.15, 0.2) is 11.6 Å². The summed E-state index contributed by atoms with van der Waals surface area (Å²) in [6.45, 7) is 0. The third-order valence-electron chi connectivity index (χ3n) is 5.39. The fourth-order valence-electron chi connectivity index (χ4n) is 3.67. The molecule has 1 atom stereocenters. The summed E-state index contributed by atoms with van der Waals surface area (Å²) >= 11 is 6.28. The van der Waals surface area contributed by atoms with E-state index in [1.165, 1.54) is 42.6 Å². The Balaban J connectivity index is 1.34. The summed E-state index contributed by atoms with van der Waals surface area (Å²) in [5.41, 5.74) is 0.832. The van der Waals surface area contributed by atoms with Crippen LogP contribution in [-0.4, -0.2) is 20.9 Å². The van der Waals surface area contributed by atoms with Gasteiger partial charge in [-0.05, 0) is 35.9 Å². The van der Waals surface area contributed by atoms with E-state index < -0.39 is 23.6 Å². The van der Waals surface area contributed by atoms with Crippen LogP contribution in [0.3, 0.4) is 0 Å². The molecule has 5 rings (SSSR count). The molecule has 10 heteroatoms. The zero-order chi connectivity index (χ0) is 24.5. The van der Waals surface area contributed by atoms with E-state index in [4.69, 9.17) is 16.3 Å². The maximum Gasteiger partial charge on any atom is 0.271 e. The van der Waals surface area contributed by atoms with Crippen molar-refractivity contribution >= 4 is 34.2 Å². The highest BCUT2D eigenvalue weighted by Crippen LogP contribution is 2.36. The number of nitrogens with zero attached hydrogens (tertiary/aromatic N) is 2. The lowest BCUT2D eigenvalue weighted by molar-refractivity contribution is -0.114. The van der Waals surface area contributed by atoms with Crippen molar-refractivity contribution in [2.75, 3.05) is 5.32 Å². The van der Waals surface area contributed by atoms with Crippen LogP contribution in [0.2, 0.25) is 5.02 Å². The number of aromatic nitrogens is 2. The molecule has 2 aromatic carbocycles. The lowest BCUT2D eigenvalue weighted by Crippen LogP contribution is -2.31. The molecule has 1 aliphatic heterocycles. The van der Waals surface area contributed by atoms with Crippen LogP contribution in [0.1, 0.15) is 11.6 Å². The second kappa shape index (κ2) is 9.21. The summed E-state index contributed by atoms with van der Waals surface area (Å²) in [6.07, 6.45) is 7.66. The number of hydroxylamine groups is 2. The fourth-order valence-corrected chi connectivity index (χ4v) is 3.87. The lowest BCUT2D eigenvalue weighted by atomic mass is 10.0. The Morgan fingerprint density at radius 3 is 2.74 bits per heavy atom. The molecule has 0 saturated heterocycles. The Bertz CT molecular complexity index is 1480. The number of rotatable bonds is 5. The van der Waals surface area contributed by atoms with Crippen LogP contribution in [-0.2, 0) is 4.79 Å². The fraction of sp³-hybridized carbons (Fsp3) is 0.0400. The molecule has 0 saturated carbocycles. The number of aromatic amines is 1. The Hall–Kier alpha value is -4.21. The number of H-pyrrole nitrogens is 1. The number of allylic oxidation sites excluding steroid dienone is 2. The Morgan fingerprint density at radius 2 is 1.94 bits per heavy atom. The molecule has 1 aliphatic rings. The standard InChI is InChI=1S/C25H16ClF2N4O3/c26-17-12-23(35-22-9-11-30-24-16(22)8-10-29-24)18(28)13-19(17)31-25(33)21-3-1-2-20(32(21)34)14-4-6-15(27)7-5-14/h1-13,20H,(H,29,30)(H,31,33)/q-1. The number of fused-ring (bicyclic) bond motifs is 1. The van der Waals surface area contributed by atoms with Gasteiger partial charge in [0.2, 0.25) is 0 Å². The molecule has 35 heavy (non-hydrogen) atoms. The van der Waals surface area contributed by atoms with Gasteiger partial charge in [-0.3, -0.25) is 4.79 Å². The first-order valence-electron chi connectivity index (χ1n) is 10.4. The first-order valence-corrected chi connectivity index (χ1v) is 10.8. The van der Waals surface area contributed by atoms with Crippen LogP contribution in [0.25, 0.3) is 11.0 Å².